The Kier molecular flexibility index (Phi) is 4.83. The van der Waals surface area contributed by atoms with Gasteiger partial charge < -0.3 is 14.2 Å². The molecule has 1 saturated heterocycles. The third-order valence-electron chi connectivity index (χ3n) is 2.44. The number of hydrogen-bond acceptors (Lipinski definition) is 7. The predicted octanol–water partition coefficient (Wildman–Crippen LogP) is 0.212. The number of methoxy groups -OCH3 is 1. The van der Waals surface area contributed by atoms with Gasteiger partial charge in [0, 0.05) is 5.38 Å². The van der Waals surface area contributed by atoms with Gasteiger partial charge in [-0.25, -0.2) is 4.98 Å². The Morgan fingerprint density at radius 1 is 1.58 bits per heavy atom. The van der Waals surface area contributed by atoms with Crippen LogP contribution in [0, 0.1) is 0 Å². The molecule has 1 N–H and O–H groups in total. The molecule has 8 heteroatoms. The van der Waals surface area contributed by atoms with E-state index in [0.29, 0.717) is 24.0 Å². The lowest BCUT2D eigenvalue weighted by molar-refractivity contribution is -0.142. The lowest BCUT2D eigenvalue weighted by Gasteiger charge is -2.21. The first-order valence-electron chi connectivity index (χ1n) is 5.70. The van der Waals surface area contributed by atoms with E-state index in [4.69, 9.17) is 9.47 Å². The lowest BCUT2D eigenvalue weighted by atomic mass is 10.3. The van der Waals surface area contributed by atoms with Crippen molar-refractivity contribution in [3.05, 3.63) is 11.1 Å². The van der Waals surface area contributed by atoms with Crippen LogP contribution in [0.1, 0.15) is 5.69 Å². The Morgan fingerprint density at radius 2 is 2.42 bits per heavy atom. The molecule has 1 fully saturated rings. The normalized spacial score (nSPS) is 18.9. The minimum atomic E-state index is -0.610. The molecule has 0 aliphatic carbocycles. The van der Waals surface area contributed by atoms with Crippen LogP contribution in [0.2, 0.25) is 0 Å². The first-order valence-corrected chi connectivity index (χ1v) is 6.58. The minimum Gasteiger partial charge on any atom is -0.469 e. The summed E-state index contributed by atoms with van der Waals surface area (Å²) < 4.78 is 15.0. The Bertz CT molecular complexity index is 456. The summed E-state index contributed by atoms with van der Waals surface area (Å²) in [5.74, 6) is -0.661. The standard InChI is InChI=1S/C11H14N2O5S/c1-16-9(14)4-7-6-19-11(12-7)13-10(15)8-5-17-2-3-18-8/h6,8H,2-5H2,1H3,(H,12,13,15). The average molecular weight is 286 g/mol. The van der Waals surface area contributed by atoms with Crippen molar-refractivity contribution in [3.8, 4) is 0 Å². The topological polar surface area (TPSA) is 86.8 Å². The van der Waals surface area contributed by atoms with Crippen molar-refractivity contribution in [2.75, 3.05) is 32.2 Å². The van der Waals surface area contributed by atoms with Crippen LogP contribution in [-0.2, 0) is 30.2 Å². The third-order valence-corrected chi connectivity index (χ3v) is 3.25. The monoisotopic (exact) mass is 286 g/mol. The molecule has 1 amide bonds. The lowest BCUT2D eigenvalue weighted by Crippen LogP contribution is -2.39. The molecule has 1 aromatic heterocycles. The van der Waals surface area contributed by atoms with Crippen molar-refractivity contribution in [2.45, 2.75) is 12.5 Å². The highest BCUT2D eigenvalue weighted by Crippen LogP contribution is 2.17. The molecule has 1 atom stereocenters. The molecule has 19 heavy (non-hydrogen) atoms. The number of amides is 1. The van der Waals surface area contributed by atoms with Gasteiger partial charge in [0.15, 0.2) is 11.2 Å². The molecular weight excluding hydrogens is 272 g/mol. The number of rotatable bonds is 4. The number of thiazole rings is 1. The van der Waals surface area contributed by atoms with Gasteiger partial charge in [0.05, 0.1) is 39.0 Å². The quantitative estimate of drug-likeness (QED) is 0.796. The molecule has 2 heterocycles. The average Bonchev–Trinajstić information content (AvgIpc) is 2.86. The van der Waals surface area contributed by atoms with E-state index in [2.05, 4.69) is 15.0 Å². The van der Waals surface area contributed by atoms with Gasteiger partial charge >= 0.3 is 5.97 Å². The van der Waals surface area contributed by atoms with E-state index < -0.39 is 6.10 Å². The maximum Gasteiger partial charge on any atom is 0.311 e. The van der Waals surface area contributed by atoms with Gasteiger partial charge in [0.1, 0.15) is 0 Å². The van der Waals surface area contributed by atoms with E-state index in [-0.39, 0.29) is 24.9 Å². The van der Waals surface area contributed by atoms with Gasteiger partial charge in [-0.2, -0.15) is 0 Å². The summed E-state index contributed by atoms with van der Waals surface area (Å²) in [5.41, 5.74) is 0.563. The number of hydrogen-bond donors (Lipinski definition) is 1. The Hall–Kier alpha value is -1.51. The molecular formula is C11H14N2O5S. The molecule has 1 aliphatic rings. The summed E-state index contributed by atoms with van der Waals surface area (Å²) >= 11 is 1.25. The van der Waals surface area contributed by atoms with Gasteiger partial charge in [-0.15, -0.1) is 11.3 Å². The summed E-state index contributed by atoms with van der Waals surface area (Å²) in [6.07, 6.45) is -0.520. The van der Waals surface area contributed by atoms with E-state index in [1.807, 2.05) is 0 Å². The Labute approximate surface area is 113 Å². The third kappa shape index (κ3) is 3.98. The highest BCUT2D eigenvalue weighted by molar-refractivity contribution is 7.13. The predicted molar refractivity (Wildman–Crippen MR) is 67.0 cm³/mol. The van der Waals surface area contributed by atoms with Crippen molar-refractivity contribution in [2.24, 2.45) is 0 Å². The number of ether oxygens (including phenoxy) is 3. The second-order valence-corrected chi connectivity index (χ2v) is 4.68. The van der Waals surface area contributed by atoms with Crippen LogP contribution < -0.4 is 5.32 Å². The van der Waals surface area contributed by atoms with Gasteiger partial charge in [-0.05, 0) is 0 Å². The van der Waals surface area contributed by atoms with Crippen molar-refractivity contribution in [1.82, 2.24) is 4.98 Å². The first-order chi connectivity index (χ1) is 9.19. The number of carbonyl (C=O) groups excluding carboxylic acids is 2. The summed E-state index contributed by atoms with van der Waals surface area (Å²) in [5, 5.41) is 4.76. The van der Waals surface area contributed by atoms with Crippen LogP contribution >= 0.6 is 11.3 Å². The van der Waals surface area contributed by atoms with Crippen molar-refractivity contribution in [3.63, 3.8) is 0 Å². The highest BCUT2D eigenvalue weighted by Gasteiger charge is 2.23. The summed E-state index contributed by atoms with van der Waals surface area (Å²) in [6, 6.07) is 0. The van der Waals surface area contributed by atoms with Gasteiger partial charge in [0.2, 0.25) is 0 Å². The number of aromatic nitrogens is 1. The van der Waals surface area contributed by atoms with Crippen molar-refractivity contribution in [1.29, 1.82) is 0 Å². The number of anilines is 1. The number of esters is 1. The zero-order chi connectivity index (χ0) is 13.7. The van der Waals surface area contributed by atoms with E-state index in [1.54, 1.807) is 5.38 Å². The second-order valence-electron chi connectivity index (χ2n) is 3.82. The van der Waals surface area contributed by atoms with E-state index in [0.717, 1.165) is 0 Å². The summed E-state index contributed by atoms with van der Waals surface area (Å²) in [7, 11) is 1.32. The van der Waals surface area contributed by atoms with Crippen LogP contribution in [0.3, 0.4) is 0 Å². The number of carbonyl (C=O) groups is 2. The van der Waals surface area contributed by atoms with Crippen LogP contribution in [0.25, 0.3) is 0 Å². The molecule has 1 unspecified atom stereocenters. The Morgan fingerprint density at radius 3 is 3.11 bits per heavy atom. The zero-order valence-corrected chi connectivity index (χ0v) is 11.2. The molecule has 1 aliphatic heterocycles. The SMILES string of the molecule is COC(=O)Cc1csc(NC(=O)C2COCCO2)n1. The molecule has 0 aromatic carbocycles. The van der Waals surface area contributed by atoms with Crippen LogP contribution in [0.4, 0.5) is 5.13 Å². The zero-order valence-electron chi connectivity index (χ0n) is 10.4. The second kappa shape index (κ2) is 6.60. The molecule has 0 spiro atoms. The summed E-state index contributed by atoms with van der Waals surface area (Å²) in [4.78, 5) is 27.0. The maximum atomic E-state index is 11.8. The van der Waals surface area contributed by atoms with Crippen LogP contribution in [0.5, 0.6) is 0 Å². The summed E-state index contributed by atoms with van der Waals surface area (Å²) in [6.45, 7) is 1.15. The molecule has 7 nitrogen and oxygen atoms in total. The van der Waals surface area contributed by atoms with Crippen LogP contribution in [0.15, 0.2) is 5.38 Å². The van der Waals surface area contributed by atoms with E-state index in [9.17, 15) is 9.59 Å². The van der Waals surface area contributed by atoms with E-state index in [1.165, 1.54) is 18.4 Å². The first kappa shape index (κ1) is 13.9. The molecule has 1 aromatic rings. The van der Waals surface area contributed by atoms with Gasteiger partial charge in [-0.3, -0.25) is 14.9 Å². The molecule has 0 radical (unpaired) electrons. The van der Waals surface area contributed by atoms with Crippen molar-refractivity contribution >= 4 is 28.3 Å². The van der Waals surface area contributed by atoms with Gasteiger partial charge in [0.25, 0.3) is 5.91 Å². The fourth-order valence-corrected chi connectivity index (χ4v) is 2.20. The molecule has 2 rings (SSSR count). The fraction of sp³-hybridized carbons (Fsp3) is 0.545. The Balaban J connectivity index is 1.88. The van der Waals surface area contributed by atoms with Crippen molar-refractivity contribution < 1.29 is 23.8 Å². The smallest absolute Gasteiger partial charge is 0.311 e. The molecule has 104 valence electrons. The largest absolute Gasteiger partial charge is 0.469 e. The minimum absolute atomic E-state index is 0.0892. The molecule has 0 bridgehead atoms. The highest BCUT2D eigenvalue weighted by atomic mass is 32.1. The maximum absolute atomic E-state index is 11.8. The van der Waals surface area contributed by atoms with Crippen LogP contribution in [-0.4, -0.2) is 49.9 Å². The number of nitrogens with zero attached hydrogens (tertiary/aromatic N) is 1. The fourth-order valence-electron chi connectivity index (χ4n) is 1.49. The van der Waals surface area contributed by atoms with E-state index >= 15 is 0 Å². The molecule has 0 saturated carbocycles. The number of nitrogens with one attached hydrogen (secondary N) is 1. The van der Waals surface area contributed by atoms with Gasteiger partial charge in [-0.1, -0.05) is 0 Å².